The molecular formula is C28H31NOSSi. The lowest BCUT2D eigenvalue weighted by Gasteiger charge is -2.54. The van der Waals surface area contributed by atoms with Crippen molar-refractivity contribution in [3.05, 3.63) is 102 Å². The maximum absolute atomic E-state index is 12.2. The number of hydrogen-bond acceptors (Lipinski definition) is 2. The number of nitrogens with zero attached hydrogens (tertiary/aromatic N) is 1. The lowest BCUT2D eigenvalue weighted by atomic mass is 9.83. The summed E-state index contributed by atoms with van der Waals surface area (Å²) < 4.78 is 0. The van der Waals surface area contributed by atoms with E-state index in [0.717, 1.165) is 5.69 Å². The Kier molecular flexibility index (Phi) is 5.72. The zero-order chi connectivity index (χ0) is 23.1. The van der Waals surface area contributed by atoms with Crippen molar-refractivity contribution in [1.82, 2.24) is 0 Å². The summed E-state index contributed by atoms with van der Waals surface area (Å²) in [6.45, 7) is 12.7. The van der Waals surface area contributed by atoms with E-state index in [1.54, 1.807) is 4.90 Å². The summed E-state index contributed by atoms with van der Waals surface area (Å²) in [7, 11) is -2.07. The smallest absolute Gasteiger partial charge is 0.267 e. The van der Waals surface area contributed by atoms with E-state index in [9.17, 15) is 4.79 Å². The Morgan fingerprint density at radius 1 is 0.750 bits per heavy atom. The number of amides is 1. The molecule has 1 amide bonds. The van der Waals surface area contributed by atoms with E-state index < -0.39 is 8.07 Å². The quantitative estimate of drug-likeness (QED) is 0.182. The minimum atomic E-state index is -2.07. The molecule has 4 rings (SSSR count). The van der Waals surface area contributed by atoms with Crippen LogP contribution in [0.5, 0.6) is 0 Å². The summed E-state index contributed by atoms with van der Waals surface area (Å²) in [6, 6.07) is 30.5. The maximum atomic E-state index is 12.2. The van der Waals surface area contributed by atoms with Gasteiger partial charge in [-0.25, -0.2) is 0 Å². The molecule has 0 saturated carbocycles. The first kappa shape index (κ1) is 22.6. The molecule has 3 aromatic rings. The zero-order valence-corrected chi connectivity index (χ0v) is 21.4. The first-order chi connectivity index (χ1) is 15.1. The third-order valence-electron chi connectivity index (χ3n) is 7.62. The zero-order valence-electron chi connectivity index (χ0n) is 19.6. The Morgan fingerprint density at radius 3 is 1.56 bits per heavy atom. The average Bonchev–Trinajstić information content (AvgIpc) is 2.79. The van der Waals surface area contributed by atoms with Gasteiger partial charge in [0.2, 0.25) is 0 Å². The van der Waals surface area contributed by atoms with Crippen LogP contribution < -0.4 is 4.90 Å². The fourth-order valence-electron chi connectivity index (χ4n) is 4.96. The molecule has 3 aromatic carbocycles. The van der Waals surface area contributed by atoms with Gasteiger partial charge >= 0.3 is 0 Å². The van der Waals surface area contributed by atoms with Gasteiger partial charge in [0, 0.05) is 10.7 Å². The Bertz CT molecular complexity index is 1090. The van der Waals surface area contributed by atoms with Crippen LogP contribution in [0, 0.1) is 0 Å². The fourth-order valence-corrected chi connectivity index (χ4v) is 8.99. The Morgan fingerprint density at radius 2 is 1.19 bits per heavy atom. The second-order valence-corrected chi connectivity index (χ2v) is 16.2. The minimum absolute atomic E-state index is 0.0467. The van der Waals surface area contributed by atoms with Gasteiger partial charge in [0.15, 0.2) is 0 Å². The second kappa shape index (κ2) is 8.09. The molecule has 32 heavy (non-hydrogen) atoms. The van der Waals surface area contributed by atoms with Gasteiger partial charge in [-0.15, -0.1) is 0 Å². The molecule has 1 saturated heterocycles. The molecule has 1 aliphatic heterocycles. The summed E-state index contributed by atoms with van der Waals surface area (Å²) in [4.78, 5) is 14.4. The molecule has 0 bridgehead atoms. The topological polar surface area (TPSA) is 20.3 Å². The average molecular weight is 458 g/mol. The number of anilines is 1. The van der Waals surface area contributed by atoms with E-state index in [1.165, 1.54) is 16.7 Å². The normalized spacial score (nSPS) is 15.0. The van der Waals surface area contributed by atoms with Crippen molar-refractivity contribution in [3.8, 4) is 0 Å². The van der Waals surface area contributed by atoms with Gasteiger partial charge in [-0.1, -0.05) is 119 Å². The van der Waals surface area contributed by atoms with Crippen molar-refractivity contribution >= 4 is 36.8 Å². The highest BCUT2D eigenvalue weighted by molar-refractivity contribution is 7.82. The van der Waals surface area contributed by atoms with Crippen molar-refractivity contribution in [2.75, 3.05) is 11.4 Å². The van der Waals surface area contributed by atoms with E-state index in [4.69, 9.17) is 12.2 Å². The highest BCUT2D eigenvalue weighted by Crippen LogP contribution is 2.55. The number of benzene rings is 3. The maximum Gasteiger partial charge on any atom is 0.267 e. The van der Waals surface area contributed by atoms with Gasteiger partial charge in [-0.3, -0.25) is 4.79 Å². The SMILES string of the molecule is CC(C)(C)[Si](C)(C)C(c1ccccc1)(c1ccccc1)c1ccc(N2CC(=S)C2=O)cc1. The van der Waals surface area contributed by atoms with Gasteiger partial charge in [-0.05, 0) is 33.9 Å². The third-order valence-corrected chi connectivity index (χ3v) is 14.4. The highest BCUT2D eigenvalue weighted by atomic mass is 32.1. The van der Waals surface area contributed by atoms with E-state index in [0.29, 0.717) is 11.4 Å². The van der Waals surface area contributed by atoms with Crippen LogP contribution in [0.25, 0.3) is 0 Å². The minimum Gasteiger partial charge on any atom is -0.302 e. The molecule has 0 spiro atoms. The first-order valence-corrected chi connectivity index (χ1v) is 14.6. The number of rotatable bonds is 5. The summed E-state index contributed by atoms with van der Waals surface area (Å²) in [5.41, 5.74) is 4.84. The molecule has 0 radical (unpaired) electrons. The van der Waals surface area contributed by atoms with Crippen LogP contribution in [0.3, 0.4) is 0 Å². The molecular weight excluding hydrogens is 426 g/mol. The molecule has 0 atom stereocenters. The molecule has 0 aliphatic carbocycles. The predicted molar refractivity (Wildman–Crippen MR) is 141 cm³/mol. The summed E-state index contributed by atoms with van der Waals surface area (Å²) in [5, 5.41) is -0.114. The molecule has 0 aromatic heterocycles. The molecule has 1 heterocycles. The van der Waals surface area contributed by atoms with Gasteiger partial charge in [0.1, 0.15) is 4.86 Å². The number of carbonyl (C=O) groups excluding carboxylic acids is 1. The van der Waals surface area contributed by atoms with Gasteiger partial charge < -0.3 is 4.90 Å². The van der Waals surface area contributed by atoms with Gasteiger partial charge in [0.25, 0.3) is 5.91 Å². The molecule has 0 N–H and O–H groups in total. The van der Waals surface area contributed by atoms with E-state index in [1.807, 2.05) is 0 Å². The molecule has 4 heteroatoms. The van der Waals surface area contributed by atoms with Crippen LogP contribution >= 0.6 is 12.2 Å². The fraction of sp³-hybridized carbons (Fsp3) is 0.286. The molecule has 2 nitrogen and oxygen atoms in total. The number of carbonyl (C=O) groups is 1. The predicted octanol–water partition coefficient (Wildman–Crippen LogP) is 6.79. The molecule has 1 aliphatic rings. The van der Waals surface area contributed by atoms with Crippen LogP contribution in [0.1, 0.15) is 37.5 Å². The Hall–Kier alpha value is -2.56. The van der Waals surface area contributed by atoms with E-state index in [-0.39, 0.29) is 16.0 Å². The summed E-state index contributed by atoms with van der Waals surface area (Å²) in [5.74, 6) is -0.0467. The lowest BCUT2D eigenvalue weighted by molar-refractivity contribution is -0.113. The number of β-lactam (4-membered cyclic amide) rings is 1. The summed E-state index contributed by atoms with van der Waals surface area (Å²) >= 11 is 5.10. The number of thiocarbonyl (C=S) groups is 1. The van der Waals surface area contributed by atoms with Crippen LogP contribution in [0.2, 0.25) is 18.1 Å². The number of hydrogen-bond donors (Lipinski definition) is 0. The molecule has 164 valence electrons. The highest BCUT2D eigenvalue weighted by Gasteiger charge is 2.55. The van der Waals surface area contributed by atoms with Crippen LogP contribution in [0.4, 0.5) is 5.69 Å². The Labute approximate surface area is 198 Å². The first-order valence-electron chi connectivity index (χ1n) is 11.2. The van der Waals surface area contributed by atoms with Crippen molar-refractivity contribution in [1.29, 1.82) is 0 Å². The van der Waals surface area contributed by atoms with Crippen LogP contribution in [-0.4, -0.2) is 25.4 Å². The molecule has 0 unspecified atom stereocenters. The standard InChI is InChI=1S/C28H31NOSSi/c1-27(2,3)32(4,5)28(21-12-8-6-9-13-21,22-14-10-7-11-15-22)23-16-18-24(19-17-23)29-20-25(31)26(29)30/h6-19H,20H2,1-5H3. The second-order valence-electron chi connectivity index (χ2n) is 10.2. The molecule has 1 fully saturated rings. The van der Waals surface area contributed by atoms with Crippen LogP contribution in [-0.2, 0) is 9.83 Å². The summed E-state index contributed by atoms with van der Waals surface area (Å²) in [6.07, 6.45) is 0. The van der Waals surface area contributed by atoms with Gasteiger partial charge in [0.05, 0.1) is 14.6 Å². The van der Waals surface area contributed by atoms with Crippen molar-refractivity contribution < 1.29 is 4.79 Å². The van der Waals surface area contributed by atoms with Crippen molar-refractivity contribution in [2.45, 2.75) is 43.9 Å². The van der Waals surface area contributed by atoms with Crippen molar-refractivity contribution in [2.24, 2.45) is 0 Å². The van der Waals surface area contributed by atoms with Gasteiger partial charge in [-0.2, -0.15) is 0 Å². The third kappa shape index (κ3) is 3.37. The lowest BCUT2D eigenvalue weighted by Crippen LogP contribution is -2.58. The monoisotopic (exact) mass is 457 g/mol. The Balaban J connectivity index is 1.99. The van der Waals surface area contributed by atoms with Crippen LogP contribution in [0.15, 0.2) is 84.9 Å². The van der Waals surface area contributed by atoms with E-state index >= 15 is 0 Å². The van der Waals surface area contributed by atoms with Crippen molar-refractivity contribution in [3.63, 3.8) is 0 Å². The largest absolute Gasteiger partial charge is 0.302 e. The van der Waals surface area contributed by atoms with E-state index in [2.05, 4.69) is 119 Å².